The lowest BCUT2D eigenvalue weighted by Gasteiger charge is -2.06. The lowest BCUT2D eigenvalue weighted by molar-refractivity contribution is 0.578. The van der Waals surface area contributed by atoms with Gasteiger partial charge in [0, 0.05) is 11.4 Å². The van der Waals surface area contributed by atoms with Crippen LogP contribution >= 0.6 is 11.3 Å². The third kappa shape index (κ3) is 2.33. The van der Waals surface area contributed by atoms with Gasteiger partial charge in [-0.25, -0.2) is 9.97 Å². The Kier molecular flexibility index (Phi) is 3.21. The van der Waals surface area contributed by atoms with Gasteiger partial charge in [0.1, 0.15) is 10.6 Å². The zero-order valence-electron chi connectivity index (χ0n) is 10.9. The van der Waals surface area contributed by atoms with E-state index in [4.69, 9.17) is 4.42 Å². The molecule has 0 aliphatic heterocycles. The molecule has 3 aromatic rings. The first-order valence-corrected chi connectivity index (χ1v) is 7.15. The smallest absolute Gasteiger partial charge is 0.199 e. The van der Waals surface area contributed by atoms with E-state index in [2.05, 4.69) is 35.2 Å². The van der Waals surface area contributed by atoms with Gasteiger partial charge in [-0.15, -0.1) is 11.3 Å². The Morgan fingerprint density at radius 2 is 2.26 bits per heavy atom. The summed E-state index contributed by atoms with van der Waals surface area (Å²) in [5.41, 5.74) is 0. The number of aryl methyl sites for hydroxylation is 1. The van der Waals surface area contributed by atoms with Crippen LogP contribution in [0.4, 0.5) is 5.82 Å². The van der Waals surface area contributed by atoms with Gasteiger partial charge in [-0.2, -0.15) is 0 Å². The molecule has 0 atom stereocenters. The van der Waals surface area contributed by atoms with Gasteiger partial charge in [0.2, 0.25) is 0 Å². The Balaban J connectivity index is 2.14. The van der Waals surface area contributed by atoms with Crippen LogP contribution < -0.4 is 5.32 Å². The van der Waals surface area contributed by atoms with Crippen molar-refractivity contribution in [3.8, 4) is 11.6 Å². The molecular formula is C14H15N3OS. The number of hydrogen-bond donors (Lipinski definition) is 1. The highest BCUT2D eigenvalue weighted by Gasteiger charge is 2.12. The summed E-state index contributed by atoms with van der Waals surface area (Å²) >= 11 is 1.68. The maximum Gasteiger partial charge on any atom is 0.199 e. The van der Waals surface area contributed by atoms with Crippen molar-refractivity contribution in [3.63, 3.8) is 0 Å². The van der Waals surface area contributed by atoms with Gasteiger partial charge in [-0.1, -0.05) is 6.92 Å². The summed E-state index contributed by atoms with van der Waals surface area (Å²) in [5, 5.41) is 4.46. The number of anilines is 1. The van der Waals surface area contributed by atoms with Gasteiger partial charge in [0.25, 0.3) is 0 Å². The lowest BCUT2D eigenvalue weighted by atomic mass is 10.3. The molecule has 3 aromatic heterocycles. The molecule has 0 spiro atoms. The van der Waals surface area contributed by atoms with Crippen molar-refractivity contribution in [2.24, 2.45) is 0 Å². The summed E-state index contributed by atoms with van der Waals surface area (Å²) < 4.78 is 5.39. The molecule has 4 nitrogen and oxygen atoms in total. The van der Waals surface area contributed by atoms with Gasteiger partial charge in [0.15, 0.2) is 11.6 Å². The number of fused-ring (bicyclic) bond motifs is 1. The fraction of sp³-hybridized carbons (Fsp3) is 0.286. The summed E-state index contributed by atoms with van der Waals surface area (Å²) in [6.45, 7) is 5.12. The molecule has 3 rings (SSSR count). The molecule has 0 unspecified atom stereocenters. The molecular weight excluding hydrogens is 258 g/mol. The Morgan fingerprint density at radius 3 is 3.00 bits per heavy atom. The number of nitrogens with one attached hydrogen (secondary N) is 1. The quantitative estimate of drug-likeness (QED) is 0.778. The summed E-state index contributed by atoms with van der Waals surface area (Å²) in [7, 11) is 0. The average Bonchev–Trinajstić information content (AvgIpc) is 3.03. The molecule has 0 amide bonds. The average molecular weight is 273 g/mol. The highest BCUT2D eigenvalue weighted by atomic mass is 32.1. The SMILES string of the molecule is CCCNc1nc(-c2ccco2)nc2sc(C)cc12. The molecule has 0 aliphatic rings. The molecule has 3 heterocycles. The summed E-state index contributed by atoms with van der Waals surface area (Å²) in [5.74, 6) is 2.23. The summed E-state index contributed by atoms with van der Waals surface area (Å²) in [4.78, 5) is 11.4. The first-order valence-electron chi connectivity index (χ1n) is 6.34. The van der Waals surface area contributed by atoms with E-state index in [-0.39, 0.29) is 0 Å². The molecule has 0 aliphatic carbocycles. The molecule has 0 fully saturated rings. The second-order valence-electron chi connectivity index (χ2n) is 4.38. The van der Waals surface area contributed by atoms with Gasteiger partial charge in [-0.05, 0) is 31.5 Å². The lowest BCUT2D eigenvalue weighted by Crippen LogP contribution is -2.03. The monoisotopic (exact) mass is 273 g/mol. The third-order valence-corrected chi connectivity index (χ3v) is 3.74. The standard InChI is InChI=1S/C14H15N3OS/c1-3-6-15-12-10-8-9(2)19-14(10)17-13(16-12)11-5-4-7-18-11/h4-5,7-8H,3,6H2,1-2H3,(H,15,16,17). The Bertz CT molecular complexity index is 688. The molecule has 0 bridgehead atoms. The van der Waals surface area contributed by atoms with Crippen LogP contribution in [0.15, 0.2) is 28.9 Å². The maximum absolute atomic E-state index is 5.39. The minimum atomic E-state index is 0.637. The Labute approximate surface area is 115 Å². The van der Waals surface area contributed by atoms with Crippen LogP contribution in [0, 0.1) is 6.92 Å². The maximum atomic E-state index is 5.39. The van der Waals surface area contributed by atoms with E-state index in [9.17, 15) is 0 Å². The molecule has 0 saturated carbocycles. The van der Waals surface area contributed by atoms with Crippen molar-refractivity contribution in [1.82, 2.24) is 9.97 Å². The number of rotatable bonds is 4. The van der Waals surface area contributed by atoms with E-state index in [0.29, 0.717) is 11.6 Å². The van der Waals surface area contributed by atoms with E-state index in [1.54, 1.807) is 17.6 Å². The minimum absolute atomic E-state index is 0.637. The molecule has 19 heavy (non-hydrogen) atoms. The third-order valence-electron chi connectivity index (χ3n) is 2.80. The number of hydrogen-bond acceptors (Lipinski definition) is 5. The number of nitrogens with zero attached hydrogens (tertiary/aromatic N) is 2. The molecule has 0 radical (unpaired) electrons. The van der Waals surface area contributed by atoms with Crippen LogP contribution in [0.3, 0.4) is 0 Å². The van der Waals surface area contributed by atoms with E-state index in [1.165, 1.54) is 4.88 Å². The first kappa shape index (κ1) is 12.2. The zero-order chi connectivity index (χ0) is 13.2. The number of aromatic nitrogens is 2. The van der Waals surface area contributed by atoms with Crippen molar-refractivity contribution in [2.75, 3.05) is 11.9 Å². The fourth-order valence-corrected chi connectivity index (χ4v) is 2.82. The van der Waals surface area contributed by atoms with Gasteiger partial charge in [0.05, 0.1) is 11.6 Å². The summed E-state index contributed by atoms with van der Waals surface area (Å²) in [6.07, 6.45) is 2.70. The molecule has 5 heteroatoms. The molecule has 0 aromatic carbocycles. The topological polar surface area (TPSA) is 51.0 Å². The van der Waals surface area contributed by atoms with Crippen molar-refractivity contribution in [1.29, 1.82) is 0 Å². The summed E-state index contributed by atoms with van der Waals surface area (Å²) in [6, 6.07) is 5.86. The normalized spacial score (nSPS) is 11.1. The fourth-order valence-electron chi connectivity index (χ4n) is 1.94. The van der Waals surface area contributed by atoms with Crippen molar-refractivity contribution >= 4 is 27.4 Å². The van der Waals surface area contributed by atoms with Crippen LogP contribution in [0.25, 0.3) is 21.8 Å². The number of thiophene rings is 1. The van der Waals surface area contributed by atoms with E-state index >= 15 is 0 Å². The first-order chi connectivity index (χ1) is 9.28. The molecule has 1 N–H and O–H groups in total. The largest absolute Gasteiger partial charge is 0.461 e. The van der Waals surface area contributed by atoms with Crippen LogP contribution in [0.1, 0.15) is 18.2 Å². The van der Waals surface area contributed by atoms with Crippen LogP contribution in [-0.4, -0.2) is 16.5 Å². The van der Waals surface area contributed by atoms with Crippen molar-refractivity contribution < 1.29 is 4.42 Å². The van der Waals surface area contributed by atoms with Crippen molar-refractivity contribution in [2.45, 2.75) is 20.3 Å². The highest BCUT2D eigenvalue weighted by Crippen LogP contribution is 2.31. The van der Waals surface area contributed by atoms with Crippen LogP contribution in [0.2, 0.25) is 0 Å². The molecule has 0 saturated heterocycles. The Hall–Kier alpha value is -1.88. The van der Waals surface area contributed by atoms with Gasteiger partial charge < -0.3 is 9.73 Å². The van der Waals surface area contributed by atoms with Crippen molar-refractivity contribution in [3.05, 3.63) is 29.3 Å². The minimum Gasteiger partial charge on any atom is -0.461 e. The van der Waals surface area contributed by atoms with E-state index < -0.39 is 0 Å². The number of furan rings is 1. The predicted octanol–water partition coefficient (Wildman–Crippen LogP) is 4.08. The van der Waals surface area contributed by atoms with Gasteiger partial charge in [-0.3, -0.25) is 0 Å². The van der Waals surface area contributed by atoms with E-state index in [1.807, 2.05) is 12.1 Å². The highest BCUT2D eigenvalue weighted by molar-refractivity contribution is 7.18. The second-order valence-corrected chi connectivity index (χ2v) is 5.61. The second kappa shape index (κ2) is 5.01. The predicted molar refractivity (Wildman–Crippen MR) is 78.6 cm³/mol. The zero-order valence-corrected chi connectivity index (χ0v) is 11.8. The molecule has 98 valence electrons. The van der Waals surface area contributed by atoms with E-state index in [0.717, 1.165) is 29.0 Å². The van der Waals surface area contributed by atoms with Crippen LogP contribution in [-0.2, 0) is 0 Å². The van der Waals surface area contributed by atoms with Gasteiger partial charge >= 0.3 is 0 Å². The Morgan fingerprint density at radius 1 is 1.37 bits per heavy atom. The van der Waals surface area contributed by atoms with Crippen LogP contribution in [0.5, 0.6) is 0 Å².